The molecule has 1 saturated heterocycles. The summed E-state index contributed by atoms with van der Waals surface area (Å²) < 4.78 is 38.1. The average Bonchev–Trinajstić information content (AvgIpc) is 2.81. The van der Waals surface area contributed by atoms with E-state index in [1.807, 2.05) is 4.90 Å². The SMILES string of the molecule is CP(=O)(CCC(=O)O)CN1CCN(CP(=O)(O)CCC(=O)O)CCN(CP(=O)(O)CCC(=O)O)CC1. The largest absolute Gasteiger partial charge is 0.481 e. The predicted molar refractivity (Wildman–Crippen MR) is 134 cm³/mol. The predicted octanol–water partition coefficient (Wildman–Crippen LogP) is 0.736. The fourth-order valence-corrected chi connectivity index (χ4v) is 8.86. The van der Waals surface area contributed by atoms with Crippen molar-refractivity contribution in [1.82, 2.24) is 14.7 Å². The first-order chi connectivity index (χ1) is 16.5. The van der Waals surface area contributed by atoms with Gasteiger partial charge in [0.1, 0.15) is 0 Å². The maximum Gasteiger partial charge on any atom is 0.303 e. The van der Waals surface area contributed by atoms with Gasteiger partial charge in [-0.05, 0) is 6.66 Å². The molecule has 0 aromatic carbocycles. The van der Waals surface area contributed by atoms with Crippen molar-refractivity contribution >= 4 is 39.8 Å². The van der Waals surface area contributed by atoms with Crippen molar-refractivity contribution in [2.24, 2.45) is 0 Å². The lowest BCUT2D eigenvalue weighted by Gasteiger charge is -2.28. The summed E-state index contributed by atoms with van der Waals surface area (Å²) in [7, 11) is -10.5. The van der Waals surface area contributed by atoms with Crippen molar-refractivity contribution in [1.29, 1.82) is 0 Å². The third-order valence-electron chi connectivity index (χ3n) is 5.69. The zero-order chi connectivity index (χ0) is 27.6. The van der Waals surface area contributed by atoms with Gasteiger partial charge in [0, 0.05) is 57.8 Å². The highest BCUT2D eigenvalue weighted by molar-refractivity contribution is 7.63. The highest BCUT2D eigenvalue weighted by Crippen LogP contribution is 2.44. The van der Waals surface area contributed by atoms with Crippen LogP contribution in [0.4, 0.5) is 0 Å². The molecule has 1 rings (SSSR count). The van der Waals surface area contributed by atoms with E-state index >= 15 is 0 Å². The summed E-state index contributed by atoms with van der Waals surface area (Å²) in [6, 6.07) is 0. The highest BCUT2D eigenvalue weighted by Gasteiger charge is 2.29. The number of rotatable bonds is 15. The van der Waals surface area contributed by atoms with Gasteiger partial charge in [-0.3, -0.25) is 38.2 Å². The molecule has 0 aliphatic carbocycles. The number of nitrogens with zero attached hydrogens (tertiary/aromatic N) is 3. The van der Waals surface area contributed by atoms with E-state index in [9.17, 15) is 37.9 Å². The third-order valence-corrected chi connectivity index (χ3v) is 11.4. The first kappa shape index (κ1) is 32.9. The molecule has 3 unspecified atom stereocenters. The number of hydrogen-bond donors (Lipinski definition) is 5. The molecule has 0 saturated carbocycles. The van der Waals surface area contributed by atoms with E-state index in [1.165, 1.54) is 6.66 Å². The van der Waals surface area contributed by atoms with Gasteiger partial charge in [-0.25, -0.2) is 0 Å². The molecule has 5 N–H and O–H groups in total. The Bertz CT molecular complexity index is 790. The van der Waals surface area contributed by atoms with Crippen molar-refractivity contribution in [2.75, 3.05) is 83.3 Å². The van der Waals surface area contributed by atoms with Crippen LogP contribution in [0.15, 0.2) is 0 Å². The fourth-order valence-electron chi connectivity index (χ4n) is 3.74. The van der Waals surface area contributed by atoms with E-state index in [1.54, 1.807) is 9.80 Å². The van der Waals surface area contributed by atoms with Gasteiger partial charge in [0.25, 0.3) is 0 Å². The van der Waals surface area contributed by atoms with Crippen LogP contribution in [0.1, 0.15) is 19.3 Å². The van der Waals surface area contributed by atoms with Gasteiger partial charge >= 0.3 is 17.9 Å². The molecule has 0 aromatic rings. The second kappa shape index (κ2) is 14.7. The lowest BCUT2D eigenvalue weighted by molar-refractivity contribution is -0.137. The topological polar surface area (TPSA) is 213 Å². The summed E-state index contributed by atoms with van der Waals surface area (Å²) in [4.78, 5) is 58.2. The van der Waals surface area contributed by atoms with Crippen LogP contribution >= 0.6 is 21.9 Å². The van der Waals surface area contributed by atoms with E-state index < -0.39 is 65.0 Å². The van der Waals surface area contributed by atoms with E-state index in [-0.39, 0.29) is 44.5 Å². The molecule has 210 valence electrons. The van der Waals surface area contributed by atoms with Crippen molar-refractivity contribution in [2.45, 2.75) is 19.3 Å². The molecule has 0 aromatic heterocycles. The van der Waals surface area contributed by atoms with Gasteiger partial charge in [-0.2, -0.15) is 0 Å². The van der Waals surface area contributed by atoms with Gasteiger partial charge in [0.05, 0.1) is 45.3 Å². The second-order valence-corrected chi connectivity index (χ2v) is 17.5. The summed E-state index contributed by atoms with van der Waals surface area (Å²) in [5, 5.41) is 26.6. The molecule has 14 nitrogen and oxygen atoms in total. The Morgan fingerprint density at radius 1 is 0.583 bits per heavy atom. The maximum absolute atomic E-state index is 13.0. The van der Waals surface area contributed by atoms with E-state index in [0.29, 0.717) is 26.2 Å². The quantitative estimate of drug-likeness (QED) is 0.170. The summed E-state index contributed by atoms with van der Waals surface area (Å²) in [6.07, 6.45) is -2.39. The number of aliphatic carboxylic acids is 3. The summed E-state index contributed by atoms with van der Waals surface area (Å²) >= 11 is 0. The number of carboxylic acids is 3. The Hall–Kier alpha value is -1.10. The van der Waals surface area contributed by atoms with E-state index in [2.05, 4.69) is 0 Å². The molecule has 1 aliphatic rings. The van der Waals surface area contributed by atoms with Crippen molar-refractivity contribution in [3.63, 3.8) is 0 Å². The van der Waals surface area contributed by atoms with E-state index in [4.69, 9.17) is 15.3 Å². The number of hydrogen-bond acceptors (Lipinski definition) is 9. The van der Waals surface area contributed by atoms with Crippen LogP contribution in [0.5, 0.6) is 0 Å². The van der Waals surface area contributed by atoms with Crippen LogP contribution in [0, 0.1) is 0 Å². The van der Waals surface area contributed by atoms with Crippen molar-refractivity contribution in [3.8, 4) is 0 Å². The van der Waals surface area contributed by atoms with Crippen molar-refractivity contribution in [3.05, 3.63) is 0 Å². The standard InChI is InChI=1S/C19H38N3O11P3/c1-34(29,11-2-17(23)24)14-20-5-7-21(15-35(30,31)12-3-18(25)26)9-10-22(8-6-20)16-36(32,33)13-4-19(27)28/h2-16H2,1H3,(H,23,24)(H,25,26)(H,27,28)(H,30,31)(H,32,33). The molecule has 1 aliphatic heterocycles. The van der Waals surface area contributed by atoms with Gasteiger partial charge in [0.2, 0.25) is 14.7 Å². The molecule has 0 radical (unpaired) electrons. The molecular weight excluding hydrogens is 539 g/mol. The van der Waals surface area contributed by atoms with Crippen LogP contribution in [0.2, 0.25) is 0 Å². The Balaban J connectivity index is 3.00. The molecule has 36 heavy (non-hydrogen) atoms. The summed E-state index contributed by atoms with van der Waals surface area (Å²) in [5.74, 6) is -3.43. The van der Waals surface area contributed by atoms with Gasteiger partial charge < -0.3 is 29.7 Å². The molecule has 1 fully saturated rings. The van der Waals surface area contributed by atoms with Crippen LogP contribution in [-0.2, 0) is 28.1 Å². The Labute approximate surface area is 210 Å². The first-order valence-corrected chi connectivity index (χ1v) is 18.1. The molecule has 0 spiro atoms. The lowest BCUT2D eigenvalue weighted by Crippen LogP contribution is -2.37. The Morgan fingerprint density at radius 2 is 0.861 bits per heavy atom. The molecule has 0 bridgehead atoms. The smallest absolute Gasteiger partial charge is 0.303 e. The lowest BCUT2D eigenvalue weighted by atomic mass is 10.5. The van der Waals surface area contributed by atoms with Crippen LogP contribution in [0.3, 0.4) is 0 Å². The minimum atomic E-state index is -3.81. The van der Waals surface area contributed by atoms with Crippen molar-refractivity contribution < 1.29 is 53.2 Å². The number of carbonyl (C=O) groups is 3. The van der Waals surface area contributed by atoms with Crippen LogP contribution < -0.4 is 0 Å². The van der Waals surface area contributed by atoms with Crippen LogP contribution in [-0.4, -0.2) is 141 Å². The first-order valence-electron chi connectivity index (χ1n) is 11.5. The fraction of sp³-hybridized carbons (Fsp3) is 0.842. The summed E-state index contributed by atoms with van der Waals surface area (Å²) in [6.45, 7) is 3.27. The molecular formula is C19H38N3O11P3. The van der Waals surface area contributed by atoms with Crippen LogP contribution in [0.25, 0.3) is 0 Å². The maximum atomic E-state index is 13.0. The Morgan fingerprint density at radius 3 is 1.17 bits per heavy atom. The van der Waals surface area contributed by atoms with Gasteiger partial charge in [-0.15, -0.1) is 0 Å². The minimum absolute atomic E-state index is 0.00826. The van der Waals surface area contributed by atoms with E-state index in [0.717, 1.165) is 0 Å². The third kappa shape index (κ3) is 15.2. The molecule has 3 atom stereocenters. The number of carboxylic acid groups (broad SMARTS) is 3. The zero-order valence-corrected chi connectivity index (χ0v) is 23.2. The second-order valence-electron chi connectivity index (χ2n) is 9.37. The minimum Gasteiger partial charge on any atom is -0.481 e. The average molecular weight is 577 g/mol. The summed E-state index contributed by atoms with van der Waals surface area (Å²) in [5.41, 5.74) is 0. The molecule has 1 heterocycles. The highest BCUT2D eigenvalue weighted by atomic mass is 31.2. The Kier molecular flexibility index (Phi) is 13.5. The molecule has 0 amide bonds. The normalized spacial score (nSPS) is 21.8. The molecule has 17 heteroatoms. The van der Waals surface area contributed by atoms with Gasteiger partial charge in [0.15, 0.2) is 0 Å². The zero-order valence-electron chi connectivity index (χ0n) is 20.5. The van der Waals surface area contributed by atoms with Gasteiger partial charge in [-0.1, -0.05) is 0 Å². The monoisotopic (exact) mass is 577 g/mol.